The molecule has 28 heavy (non-hydrogen) atoms. The molecule has 0 aliphatic heterocycles. The van der Waals surface area contributed by atoms with Crippen LogP contribution in [0.1, 0.15) is 17.4 Å². The van der Waals surface area contributed by atoms with Gasteiger partial charge < -0.3 is 19.5 Å². The predicted octanol–water partition coefficient (Wildman–Crippen LogP) is 3.31. The number of hydrogen-bond donors (Lipinski definition) is 1. The highest BCUT2D eigenvalue weighted by Gasteiger charge is 2.17. The summed E-state index contributed by atoms with van der Waals surface area (Å²) in [5, 5.41) is 7.04. The highest BCUT2D eigenvalue weighted by molar-refractivity contribution is 5.78. The molecule has 0 spiro atoms. The first kappa shape index (κ1) is 19.6. The summed E-state index contributed by atoms with van der Waals surface area (Å²) < 4.78 is 10.5. The monoisotopic (exact) mass is 379 g/mol. The zero-order valence-corrected chi connectivity index (χ0v) is 16.4. The molecule has 0 bridgehead atoms. The molecule has 0 aliphatic carbocycles. The van der Waals surface area contributed by atoms with Crippen molar-refractivity contribution in [2.75, 3.05) is 27.7 Å². The molecule has 1 heterocycles. The number of benzene rings is 2. The smallest absolute Gasteiger partial charge is 0.227 e. The summed E-state index contributed by atoms with van der Waals surface area (Å²) in [6, 6.07) is 19.5. The van der Waals surface area contributed by atoms with Crippen molar-refractivity contribution in [1.29, 1.82) is 0 Å². The fraction of sp³-hybridized carbons (Fsp3) is 0.273. The number of amides is 1. The standard InChI is InChI=1S/C22H25N3O3/c1-25(2)21(17-9-11-18(27-3)12-10-17)15-23-22(26)14-19-13-20(24-28-19)16-7-5-4-6-8-16/h4-13,21H,14-15H2,1-3H3,(H,23,26). The van der Waals surface area contributed by atoms with Crippen LogP contribution in [0.25, 0.3) is 11.3 Å². The molecule has 1 aromatic heterocycles. The molecule has 0 fully saturated rings. The van der Waals surface area contributed by atoms with E-state index in [1.165, 1.54) is 0 Å². The lowest BCUT2D eigenvalue weighted by Crippen LogP contribution is -2.35. The van der Waals surface area contributed by atoms with Gasteiger partial charge >= 0.3 is 0 Å². The number of aromatic nitrogens is 1. The number of nitrogens with one attached hydrogen (secondary N) is 1. The number of hydrogen-bond acceptors (Lipinski definition) is 5. The summed E-state index contributed by atoms with van der Waals surface area (Å²) in [5.74, 6) is 1.25. The van der Waals surface area contributed by atoms with Gasteiger partial charge in [-0.2, -0.15) is 0 Å². The second-order valence-electron chi connectivity index (χ2n) is 6.78. The van der Waals surface area contributed by atoms with Crippen LogP contribution in [0.3, 0.4) is 0 Å². The predicted molar refractivity (Wildman–Crippen MR) is 108 cm³/mol. The summed E-state index contributed by atoms with van der Waals surface area (Å²) in [6.07, 6.45) is 0.155. The Balaban J connectivity index is 1.58. The SMILES string of the molecule is COc1ccc(C(CNC(=O)Cc2cc(-c3ccccc3)no2)N(C)C)cc1. The molecule has 6 nitrogen and oxygen atoms in total. The molecule has 1 atom stereocenters. The van der Waals surface area contributed by atoms with Gasteiger partial charge in [0.25, 0.3) is 0 Å². The van der Waals surface area contributed by atoms with Gasteiger partial charge in [-0.15, -0.1) is 0 Å². The molecule has 2 aromatic carbocycles. The Morgan fingerprint density at radius 2 is 1.86 bits per heavy atom. The normalized spacial score (nSPS) is 12.0. The van der Waals surface area contributed by atoms with E-state index >= 15 is 0 Å². The molecule has 3 rings (SSSR count). The van der Waals surface area contributed by atoms with Crippen molar-refractivity contribution in [3.8, 4) is 17.0 Å². The van der Waals surface area contributed by atoms with Crippen LogP contribution in [0, 0.1) is 0 Å². The lowest BCUT2D eigenvalue weighted by molar-refractivity contribution is -0.120. The summed E-state index contributed by atoms with van der Waals surface area (Å²) in [5.41, 5.74) is 2.80. The van der Waals surface area contributed by atoms with E-state index in [0.29, 0.717) is 12.3 Å². The fourth-order valence-corrected chi connectivity index (χ4v) is 3.00. The maximum absolute atomic E-state index is 12.4. The van der Waals surface area contributed by atoms with Gasteiger partial charge in [-0.25, -0.2) is 0 Å². The number of methoxy groups -OCH3 is 1. The number of carbonyl (C=O) groups excluding carboxylic acids is 1. The second-order valence-corrected chi connectivity index (χ2v) is 6.78. The largest absolute Gasteiger partial charge is 0.497 e. The van der Waals surface area contributed by atoms with Crippen LogP contribution < -0.4 is 10.1 Å². The maximum atomic E-state index is 12.4. The minimum Gasteiger partial charge on any atom is -0.497 e. The summed E-state index contributed by atoms with van der Waals surface area (Å²) in [6.45, 7) is 0.498. The van der Waals surface area contributed by atoms with Gasteiger partial charge in [-0.1, -0.05) is 47.6 Å². The lowest BCUT2D eigenvalue weighted by Gasteiger charge is -2.25. The van der Waals surface area contributed by atoms with E-state index in [-0.39, 0.29) is 18.4 Å². The van der Waals surface area contributed by atoms with Crippen molar-refractivity contribution in [3.63, 3.8) is 0 Å². The van der Waals surface area contributed by atoms with Gasteiger partial charge in [0.1, 0.15) is 17.2 Å². The first-order valence-corrected chi connectivity index (χ1v) is 9.15. The van der Waals surface area contributed by atoms with Gasteiger partial charge in [0.15, 0.2) is 0 Å². The Hall–Kier alpha value is -3.12. The molecular weight excluding hydrogens is 354 g/mol. The van der Waals surface area contributed by atoms with Gasteiger partial charge in [0.05, 0.1) is 19.6 Å². The molecule has 3 aromatic rings. The molecule has 1 unspecified atom stereocenters. The van der Waals surface area contributed by atoms with Crippen LogP contribution in [0.5, 0.6) is 5.75 Å². The lowest BCUT2D eigenvalue weighted by atomic mass is 10.1. The van der Waals surface area contributed by atoms with Crippen molar-refractivity contribution in [3.05, 3.63) is 72.0 Å². The van der Waals surface area contributed by atoms with Crippen LogP contribution in [-0.4, -0.2) is 43.7 Å². The first-order chi connectivity index (χ1) is 13.6. The van der Waals surface area contributed by atoms with Crippen LogP contribution in [0.2, 0.25) is 0 Å². The number of ether oxygens (including phenoxy) is 1. The number of carbonyl (C=O) groups is 1. The van der Waals surface area contributed by atoms with E-state index in [1.54, 1.807) is 7.11 Å². The highest BCUT2D eigenvalue weighted by Crippen LogP contribution is 2.21. The summed E-state index contributed by atoms with van der Waals surface area (Å²) in [7, 11) is 5.62. The topological polar surface area (TPSA) is 67.6 Å². The average molecular weight is 379 g/mol. The Bertz CT molecular complexity index is 889. The Labute approximate surface area is 165 Å². The molecule has 0 aliphatic rings. The van der Waals surface area contributed by atoms with Gasteiger partial charge in [0, 0.05) is 18.2 Å². The molecule has 146 valence electrons. The van der Waals surface area contributed by atoms with Gasteiger partial charge in [0.2, 0.25) is 5.91 Å². The zero-order chi connectivity index (χ0) is 19.9. The highest BCUT2D eigenvalue weighted by atomic mass is 16.5. The van der Waals surface area contributed by atoms with Crippen LogP contribution in [0.4, 0.5) is 0 Å². The number of nitrogens with zero attached hydrogens (tertiary/aromatic N) is 2. The Morgan fingerprint density at radius 3 is 2.50 bits per heavy atom. The minimum absolute atomic E-state index is 0.0597. The van der Waals surface area contributed by atoms with Gasteiger partial charge in [-0.05, 0) is 31.8 Å². The second kappa shape index (κ2) is 9.19. The average Bonchev–Trinajstić information content (AvgIpc) is 3.17. The third-order valence-corrected chi connectivity index (χ3v) is 4.58. The Morgan fingerprint density at radius 1 is 1.14 bits per heavy atom. The molecular formula is C22H25N3O3. The minimum atomic E-state index is -0.101. The molecule has 0 radical (unpaired) electrons. The van der Waals surface area contributed by atoms with Crippen molar-refractivity contribution >= 4 is 5.91 Å². The number of likely N-dealkylation sites (N-methyl/N-ethyl adjacent to an activating group) is 1. The van der Waals surface area contributed by atoms with E-state index in [4.69, 9.17) is 9.26 Å². The molecule has 1 N–H and O–H groups in total. The summed E-state index contributed by atoms with van der Waals surface area (Å²) in [4.78, 5) is 14.5. The van der Waals surface area contributed by atoms with Crippen molar-refractivity contribution in [2.24, 2.45) is 0 Å². The molecule has 6 heteroatoms. The van der Waals surface area contributed by atoms with E-state index in [0.717, 1.165) is 22.6 Å². The Kier molecular flexibility index (Phi) is 6.45. The zero-order valence-electron chi connectivity index (χ0n) is 16.4. The summed E-state index contributed by atoms with van der Waals surface area (Å²) >= 11 is 0. The first-order valence-electron chi connectivity index (χ1n) is 9.15. The van der Waals surface area contributed by atoms with E-state index in [1.807, 2.05) is 74.8 Å². The van der Waals surface area contributed by atoms with Crippen molar-refractivity contribution < 1.29 is 14.1 Å². The van der Waals surface area contributed by atoms with E-state index < -0.39 is 0 Å². The molecule has 0 saturated carbocycles. The van der Waals surface area contributed by atoms with E-state index in [9.17, 15) is 4.79 Å². The van der Waals surface area contributed by atoms with Crippen LogP contribution in [-0.2, 0) is 11.2 Å². The van der Waals surface area contributed by atoms with Crippen molar-refractivity contribution in [2.45, 2.75) is 12.5 Å². The molecule has 0 saturated heterocycles. The van der Waals surface area contributed by atoms with Crippen LogP contribution >= 0.6 is 0 Å². The van der Waals surface area contributed by atoms with Gasteiger partial charge in [-0.3, -0.25) is 4.79 Å². The van der Waals surface area contributed by atoms with Crippen molar-refractivity contribution in [1.82, 2.24) is 15.4 Å². The molecule has 1 amide bonds. The van der Waals surface area contributed by atoms with E-state index in [2.05, 4.69) is 15.4 Å². The number of rotatable bonds is 8. The fourth-order valence-electron chi connectivity index (χ4n) is 3.00. The maximum Gasteiger partial charge on any atom is 0.227 e. The quantitative estimate of drug-likeness (QED) is 0.650. The third-order valence-electron chi connectivity index (χ3n) is 4.58. The van der Waals surface area contributed by atoms with Crippen LogP contribution in [0.15, 0.2) is 65.2 Å². The third kappa shape index (κ3) is 4.98.